The van der Waals surface area contributed by atoms with Crippen molar-refractivity contribution in [3.63, 3.8) is 0 Å². The first kappa shape index (κ1) is 25.9. The van der Waals surface area contributed by atoms with Crippen LogP contribution in [0.2, 0.25) is 18.1 Å². The molecule has 1 unspecified atom stereocenters. The van der Waals surface area contributed by atoms with Crippen LogP contribution in [0.25, 0.3) is 11.3 Å². The SMILES string of the molecule is Cc1cccc(Cc2nc(-c3cccc(O[Si](C)(C)C(C)(C)C)c3)c[n+]3c2NC(Cc2ccco2)C3=O)c1. The van der Waals surface area contributed by atoms with E-state index in [2.05, 4.69) is 70.4 Å². The van der Waals surface area contributed by atoms with Gasteiger partial charge < -0.3 is 8.84 Å². The zero-order chi connectivity index (χ0) is 27.1. The summed E-state index contributed by atoms with van der Waals surface area (Å²) in [6.45, 7) is 13.3. The van der Waals surface area contributed by atoms with Crippen LogP contribution in [0.5, 0.6) is 5.75 Å². The molecule has 196 valence electrons. The highest BCUT2D eigenvalue weighted by Crippen LogP contribution is 2.38. The van der Waals surface area contributed by atoms with Gasteiger partial charge in [-0.15, -0.1) is 0 Å². The molecule has 2 aromatic heterocycles. The summed E-state index contributed by atoms with van der Waals surface area (Å²) >= 11 is 0. The van der Waals surface area contributed by atoms with Crippen molar-refractivity contribution in [2.24, 2.45) is 0 Å². The molecular weight excluding hydrogens is 490 g/mol. The van der Waals surface area contributed by atoms with Crippen molar-refractivity contribution in [3.05, 3.63) is 95.7 Å². The molecule has 0 aliphatic carbocycles. The lowest BCUT2D eigenvalue weighted by Gasteiger charge is -2.36. The molecule has 0 bridgehead atoms. The van der Waals surface area contributed by atoms with Gasteiger partial charge >= 0.3 is 11.7 Å². The Morgan fingerprint density at radius 3 is 2.58 bits per heavy atom. The molecule has 0 fully saturated rings. The van der Waals surface area contributed by atoms with Gasteiger partial charge in [0.25, 0.3) is 0 Å². The molecule has 1 aliphatic rings. The zero-order valence-electron chi connectivity index (χ0n) is 23.0. The van der Waals surface area contributed by atoms with E-state index in [0.717, 1.165) is 39.8 Å². The second-order valence-corrected chi connectivity index (χ2v) is 16.4. The predicted octanol–water partition coefficient (Wildman–Crippen LogP) is 6.59. The van der Waals surface area contributed by atoms with Crippen molar-refractivity contribution in [3.8, 4) is 17.0 Å². The first-order valence-corrected chi connectivity index (χ1v) is 16.0. The number of hydrogen-bond donors (Lipinski definition) is 1. The summed E-state index contributed by atoms with van der Waals surface area (Å²) in [5.74, 6) is 2.33. The van der Waals surface area contributed by atoms with E-state index >= 15 is 0 Å². The maximum absolute atomic E-state index is 13.5. The molecule has 1 atom stereocenters. The Morgan fingerprint density at radius 1 is 1.08 bits per heavy atom. The summed E-state index contributed by atoms with van der Waals surface area (Å²) in [7, 11) is -2.00. The number of anilines is 1. The monoisotopic (exact) mass is 526 g/mol. The highest BCUT2D eigenvalue weighted by atomic mass is 28.4. The number of rotatable bonds is 7. The molecule has 5 rings (SSSR count). The number of aromatic nitrogens is 2. The molecule has 38 heavy (non-hydrogen) atoms. The highest BCUT2D eigenvalue weighted by Gasteiger charge is 2.42. The van der Waals surface area contributed by atoms with Crippen molar-refractivity contribution in [1.29, 1.82) is 0 Å². The van der Waals surface area contributed by atoms with Crippen LogP contribution in [0.4, 0.5) is 5.82 Å². The molecule has 0 saturated carbocycles. The topological polar surface area (TPSA) is 68.2 Å². The minimum absolute atomic E-state index is 0.0146. The third-order valence-electron chi connectivity index (χ3n) is 7.62. The molecule has 0 saturated heterocycles. The lowest BCUT2D eigenvalue weighted by molar-refractivity contribution is -0.552. The van der Waals surface area contributed by atoms with E-state index in [-0.39, 0.29) is 10.9 Å². The van der Waals surface area contributed by atoms with E-state index in [0.29, 0.717) is 12.8 Å². The number of fused-ring (bicyclic) bond motifs is 1. The molecule has 7 heteroatoms. The van der Waals surface area contributed by atoms with E-state index in [1.165, 1.54) is 5.56 Å². The van der Waals surface area contributed by atoms with Crippen LogP contribution in [0.1, 0.15) is 48.1 Å². The van der Waals surface area contributed by atoms with Gasteiger partial charge in [0.15, 0.2) is 0 Å². The van der Waals surface area contributed by atoms with Gasteiger partial charge in [-0.25, -0.2) is 9.78 Å². The van der Waals surface area contributed by atoms with Gasteiger partial charge in [0.2, 0.25) is 14.4 Å². The Morgan fingerprint density at radius 2 is 1.87 bits per heavy atom. The number of carbonyl (C=O) groups is 1. The Bertz CT molecular complexity index is 1470. The summed E-state index contributed by atoms with van der Waals surface area (Å²) in [6.07, 6.45) is 4.57. The maximum Gasteiger partial charge on any atom is 0.359 e. The maximum atomic E-state index is 13.5. The van der Waals surface area contributed by atoms with E-state index in [9.17, 15) is 4.79 Å². The van der Waals surface area contributed by atoms with Crippen LogP contribution in [-0.2, 0) is 12.8 Å². The molecule has 1 aliphatic heterocycles. The first-order valence-electron chi connectivity index (χ1n) is 13.1. The summed E-state index contributed by atoms with van der Waals surface area (Å²) in [6, 6.07) is 19.8. The first-order chi connectivity index (χ1) is 18.0. The molecule has 0 radical (unpaired) electrons. The van der Waals surface area contributed by atoms with E-state index in [1.54, 1.807) is 10.8 Å². The minimum Gasteiger partial charge on any atom is -0.543 e. The predicted molar refractivity (Wildman–Crippen MR) is 152 cm³/mol. The largest absolute Gasteiger partial charge is 0.543 e. The number of aryl methyl sites for hydroxylation is 1. The molecule has 3 heterocycles. The number of hydrogen-bond acceptors (Lipinski definition) is 5. The number of carbonyl (C=O) groups excluding carboxylic acids is 1. The molecular formula is C31H36N3O3Si+. The highest BCUT2D eigenvalue weighted by molar-refractivity contribution is 6.74. The van der Waals surface area contributed by atoms with Crippen LogP contribution < -0.4 is 14.3 Å². The molecule has 4 aromatic rings. The Hall–Kier alpha value is -3.71. The van der Waals surface area contributed by atoms with Crippen LogP contribution in [0.3, 0.4) is 0 Å². The van der Waals surface area contributed by atoms with Crippen LogP contribution in [0, 0.1) is 6.92 Å². The molecule has 2 aromatic carbocycles. The Labute approximate surface area is 225 Å². The average molecular weight is 527 g/mol. The number of nitrogens with one attached hydrogen (secondary N) is 1. The summed E-state index contributed by atoms with van der Waals surface area (Å²) in [5, 5.41) is 3.53. The fourth-order valence-corrected chi connectivity index (χ4v) is 5.51. The zero-order valence-corrected chi connectivity index (χ0v) is 24.0. The fraction of sp³-hybridized carbons (Fsp3) is 0.323. The molecule has 0 spiro atoms. The summed E-state index contributed by atoms with van der Waals surface area (Å²) in [4.78, 5) is 18.6. The minimum atomic E-state index is -2.00. The second-order valence-electron chi connectivity index (χ2n) is 11.7. The Kier molecular flexibility index (Phi) is 6.73. The van der Waals surface area contributed by atoms with E-state index in [1.807, 2.05) is 42.6 Å². The van der Waals surface area contributed by atoms with Gasteiger partial charge in [0, 0.05) is 12.0 Å². The van der Waals surface area contributed by atoms with Crippen molar-refractivity contribution in [1.82, 2.24) is 4.98 Å². The number of benzene rings is 2. The van der Waals surface area contributed by atoms with Gasteiger partial charge in [-0.2, -0.15) is 4.57 Å². The Balaban J connectivity index is 1.54. The van der Waals surface area contributed by atoms with Gasteiger partial charge in [0.1, 0.15) is 29.1 Å². The standard InChI is InChI=1S/C31H35N3O3Si/c1-21-10-7-11-22(16-21)17-26-29-33-27(19-24-14-9-15-36-24)30(35)34(29)20-28(32-26)23-12-8-13-25(18-23)37-38(5,6)31(2,3)4/h7-16,18,20,27H,17,19H2,1-6H3/p+1. The normalized spacial score (nSPS) is 15.3. The van der Waals surface area contributed by atoms with Crippen molar-refractivity contribution < 1.29 is 18.2 Å². The van der Waals surface area contributed by atoms with E-state index in [4.69, 9.17) is 13.8 Å². The smallest absolute Gasteiger partial charge is 0.359 e. The van der Waals surface area contributed by atoms with Crippen molar-refractivity contribution >= 4 is 20.0 Å². The third-order valence-corrected chi connectivity index (χ3v) is 12.0. The van der Waals surface area contributed by atoms with Crippen molar-refractivity contribution in [2.45, 2.75) is 64.7 Å². The second kappa shape index (κ2) is 9.87. The summed E-state index contributed by atoms with van der Waals surface area (Å²) in [5.41, 5.74) is 4.84. The number of nitrogens with zero attached hydrogens (tertiary/aromatic N) is 2. The van der Waals surface area contributed by atoms with Crippen LogP contribution in [-0.4, -0.2) is 25.3 Å². The fourth-order valence-electron chi connectivity index (χ4n) is 4.49. The molecule has 0 amide bonds. The van der Waals surface area contributed by atoms with E-state index < -0.39 is 14.4 Å². The van der Waals surface area contributed by atoms with Crippen molar-refractivity contribution in [2.75, 3.05) is 5.32 Å². The van der Waals surface area contributed by atoms with Gasteiger partial charge in [-0.1, -0.05) is 62.7 Å². The average Bonchev–Trinajstić information content (AvgIpc) is 3.47. The quantitative estimate of drug-likeness (QED) is 0.217. The molecule has 6 nitrogen and oxygen atoms in total. The lowest BCUT2D eigenvalue weighted by Crippen LogP contribution is -2.44. The number of furan rings is 1. The van der Waals surface area contributed by atoms with Gasteiger partial charge in [-0.3, -0.25) is 5.32 Å². The molecule has 1 N–H and O–H groups in total. The van der Waals surface area contributed by atoms with Crippen LogP contribution >= 0.6 is 0 Å². The third kappa shape index (κ3) is 5.29. The van der Waals surface area contributed by atoms with Gasteiger partial charge in [0.05, 0.1) is 12.7 Å². The van der Waals surface area contributed by atoms with Gasteiger partial charge in [-0.05, 0) is 54.9 Å². The lowest BCUT2D eigenvalue weighted by atomic mass is 10.1. The van der Waals surface area contributed by atoms with Crippen LogP contribution in [0.15, 0.2) is 77.5 Å². The summed E-state index contributed by atoms with van der Waals surface area (Å²) < 4.78 is 13.8.